The fourth-order valence-electron chi connectivity index (χ4n) is 6.28. The number of benzene rings is 2. The zero-order valence-electron chi connectivity index (χ0n) is 27.2. The van der Waals surface area contributed by atoms with Gasteiger partial charge < -0.3 is 0 Å². The van der Waals surface area contributed by atoms with Crippen molar-refractivity contribution in [3.63, 3.8) is 0 Å². The molecular weight excluding hydrogens is 698 g/mol. The molecule has 0 saturated heterocycles. The molecule has 0 amide bonds. The van der Waals surface area contributed by atoms with Crippen LogP contribution >= 0.6 is 0 Å². The minimum atomic E-state index is -0.0319. The first-order chi connectivity index (χ1) is 22.6. The number of nitrogens with one attached hydrogen (secondary N) is 1. The molecule has 1 aliphatic carbocycles. The number of aryl methyl sites for hydroxylation is 1. The molecule has 2 aromatic carbocycles. The second-order valence-electron chi connectivity index (χ2n) is 12.1. The van der Waals surface area contributed by atoms with Crippen molar-refractivity contribution >= 4 is 67.1 Å². The van der Waals surface area contributed by atoms with Crippen molar-refractivity contribution in [3.05, 3.63) is 86.1 Å². The van der Waals surface area contributed by atoms with Crippen LogP contribution in [0.5, 0.6) is 0 Å². The van der Waals surface area contributed by atoms with Crippen molar-refractivity contribution in [2.75, 3.05) is 11.4 Å². The van der Waals surface area contributed by atoms with Gasteiger partial charge in [0.1, 0.15) is 0 Å². The molecule has 46 heavy (non-hydrogen) atoms. The molecule has 1 aromatic heterocycles. The third-order valence-corrected chi connectivity index (χ3v) is 13.5. The van der Waals surface area contributed by atoms with Crippen molar-refractivity contribution in [1.82, 2.24) is 0 Å². The number of nitriles is 1. The standard InChI is InChI=1S/C39H45N4OSe2/c1-3-5-7-9-11-17-23-42-32-19-13-15-21-34(32)45-36(42)25-30-38(29(27-40)28-41)31(39(30)44)26-37-43(24-18-12-10-8-6-4-2)33-20-14-16-22-35(33)46-37/h13-16,19-22,25-26,40H,3-12,17-18,23-24H2,1-2H3/q+1. The van der Waals surface area contributed by atoms with Gasteiger partial charge in [-0.15, -0.1) is 0 Å². The van der Waals surface area contributed by atoms with Crippen LogP contribution in [0.4, 0.5) is 5.69 Å². The summed E-state index contributed by atoms with van der Waals surface area (Å²) in [5.41, 5.74) is 4.29. The van der Waals surface area contributed by atoms with Crippen LogP contribution in [0.25, 0.3) is 15.9 Å². The van der Waals surface area contributed by atoms with Gasteiger partial charge in [0.15, 0.2) is 0 Å². The average molecular weight is 744 g/mol. The van der Waals surface area contributed by atoms with E-state index in [0.717, 1.165) is 35.1 Å². The first-order valence-electron chi connectivity index (χ1n) is 17.0. The predicted octanol–water partition coefficient (Wildman–Crippen LogP) is 7.56. The molecule has 3 aromatic rings. The summed E-state index contributed by atoms with van der Waals surface area (Å²) < 4.78 is 7.35. The van der Waals surface area contributed by atoms with E-state index in [1.807, 2.05) is 12.2 Å². The zero-order valence-corrected chi connectivity index (χ0v) is 30.7. The molecular formula is C39H45N4OSe2+. The van der Waals surface area contributed by atoms with Gasteiger partial charge in [-0.25, -0.2) is 0 Å². The van der Waals surface area contributed by atoms with Gasteiger partial charge >= 0.3 is 288 Å². The maximum absolute atomic E-state index is 13.9. The van der Waals surface area contributed by atoms with Gasteiger partial charge in [0, 0.05) is 0 Å². The number of nitrogens with zero attached hydrogens (tertiary/aromatic N) is 3. The molecule has 7 heteroatoms. The summed E-state index contributed by atoms with van der Waals surface area (Å²) in [6.07, 6.45) is 18.8. The molecule has 2 heterocycles. The summed E-state index contributed by atoms with van der Waals surface area (Å²) in [6, 6.07) is 19.3. The predicted molar refractivity (Wildman–Crippen MR) is 192 cm³/mol. The molecule has 0 unspecified atom stereocenters. The van der Waals surface area contributed by atoms with Crippen molar-refractivity contribution in [2.24, 2.45) is 0 Å². The van der Waals surface area contributed by atoms with E-state index in [4.69, 9.17) is 5.41 Å². The second-order valence-corrected chi connectivity index (χ2v) is 16.5. The summed E-state index contributed by atoms with van der Waals surface area (Å²) in [6.45, 7) is 6.34. The van der Waals surface area contributed by atoms with Gasteiger partial charge in [0.05, 0.1) is 0 Å². The number of carbonyl (C=O) groups is 1. The third-order valence-electron chi connectivity index (χ3n) is 8.79. The first kappa shape index (κ1) is 34.1. The van der Waals surface area contributed by atoms with E-state index in [0.29, 0.717) is 16.7 Å². The third kappa shape index (κ3) is 7.83. The Labute approximate surface area is 286 Å². The number of ketones is 1. The Morgan fingerprint density at radius 1 is 0.891 bits per heavy atom. The number of hydrogen-bond donors (Lipinski definition) is 1. The summed E-state index contributed by atoms with van der Waals surface area (Å²) >= 11 is 0.132. The van der Waals surface area contributed by atoms with Gasteiger partial charge in [-0.2, -0.15) is 0 Å². The fourth-order valence-corrected chi connectivity index (χ4v) is 11.0. The molecule has 5 nitrogen and oxygen atoms in total. The number of anilines is 1. The van der Waals surface area contributed by atoms with E-state index in [1.165, 1.54) is 84.1 Å². The van der Waals surface area contributed by atoms with Crippen LogP contribution in [0, 0.1) is 16.7 Å². The van der Waals surface area contributed by atoms with Crippen molar-refractivity contribution in [2.45, 2.75) is 97.4 Å². The van der Waals surface area contributed by atoms with Gasteiger partial charge in [0.2, 0.25) is 0 Å². The number of aromatic nitrogens is 1. The van der Waals surface area contributed by atoms with E-state index in [1.54, 1.807) is 0 Å². The Morgan fingerprint density at radius 3 is 2.30 bits per heavy atom. The number of unbranched alkanes of at least 4 members (excludes halogenated alkanes) is 10. The summed E-state index contributed by atoms with van der Waals surface area (Å²) in [4.78, 5) is 16.3. The number of para-hydroxylation sites is 2. The van der Waals surface area contributed by atoms with Crippen molar-refractivity contribution in [1.29, 1.82) is 10.7 Å². The van der Waals surface area contributed by atoms with Gasteiger partial charge in [0.25, 0.3) is 0 Å². The molecule has 2 aliphatic rings. The number of hydrogen-bond acceptors (Lipinski definition) is 4. The first-order valence-corrected chi connectivity index (χ1v) is 20.4. The quantitative estimate of drug-likeness (QED) is 0.0388. The number of fused-ring (bicyclic) bond motifs is 2. The van der Waals surface area contributed by atoms with Crippen molar-refractivity contribution in [3.8, 4) is 6.07 Å². The molecule has 5 rings (SSSR count). The molecule has 0 atom stereocenters. The molecule has 0 radical (unpaired) electrons. The van der Waals surface area contributed by atoms with E-state index < -0.39 is 0 Å². The molecule has 0 spiro atoms. The van der Waals surface area contributed by atoms with E-state index in [9.17, 15) is 10.1 Å². The molecule has 0 saturated carbocycles. The van der Waals surface area contributed by atoms with Crippen LogP contribution in [-0.4, -0.2) is 47.7 Å². The molecule has 0 bridgehead atoms. The SMILES string of the molecule is CCCCCCCCN1C(=CC2=C(C(=C=N)C#N)C(=Cc3[se]c4ccccc4[n+]3CCCCCCCC)C2=O)[Se]c2ccccc21. The van der Waals surface area contributed by atoms with E-state index in [2.05, 4.69) is 83.8 Å². The van der Waals surface area contributed by atoms with Crippen LogP contribution in [0.3, 0.4) is 0 Å². The monoisotopic (exact) mass is 745 g/mol. The maximum atomic E-state index is 13.9. The van der Waals surface area contributed by atoms with Crippen LogP contribution in [0.15, 0.2) is 81.5 Å². The van der Waals surface area contributed by atoms with E-state index >= 15 is 0 Å². The van der Waals surface area contributed by atoms with Crippen molar-refractivity contribution < 1.29 is 9.36 Å². The second kappa shape index (κ2) is 17.1. The zero-order chi connectivity index (χ0) is 32.3. The van der Waals surface area contributed by atoms with E-state index in [-0.39, 0.29) is 40.8 Å². The van der Waals surface area contributed by atoms with Crippen LogP contribution in [-0.2, 0) is 11.3 Å². The molecule has 1 aliphatic heterocycles. The topological polar surface area (TPSA) is 71.8 Å². The van der Waals surface area contributed by atoms with Gasteiger partial charge in [-0.05, 0) is 0 Å². The number of allylic oxidation sites excluding steroid dienone is 5. The van der Waals surface area contributed by atoms with Crippen LogP contribution in [0.2, 0.25) is 0 Å². The normalized spacial score (nSPS) is 15.8. The van der Waals surface area contributed by atoms with Gasteiger partial charge in [-0.3, -0.25) is 0 Å². The number of carbonyl (C=O) groups excluding carboxylic acids is 1. The Bertz CT molecular complexity index is 1750. The Morgan fingerprint density at radius 2 is 1.57 bits per heavy atom. The van der Waals surface area contributed by atoms with Gasteiger partial charge in [-0.1, -0.05) is 0 Å². The summed E-state index contributed by atoms with van der Waals surface area (Å²) in [5, 5.41) is 18.0. The van der Waals surface area contributed by atoms with Crippen LogP contribution < -0.4 is 13.9 Å². The van der Waals surface area contributed by atoms with Crippen LogP contribution in [0.1, 0.15) is 95.5 Å². The average Bonchev–Trinajstić information content (AvgIpc) is 3.62. The minimum absolute atomic E-state index is 0.0319. The number of rotatable bonds is 17. The molecule has 238 valence electrons. The fraction of sp³-hybridized carbons (Fsp3) is 0.410. The summed E-state index contributed by atoms with van der Waals surface area (Å²) in [7, 11) is 0. The number of Topliss-reactive ketones (excluding diaryl/α,β-unsaturated/α-hetero) is 1. The Balaban J connectivity index is 1.46. The molecule has 1 N–H and O–H groups in total. The Kier molecular flexibility index (Phi) is 12.7. The summed E-state index contributed by atoms with van der Waals surface area (Å²) in [5.74, 6) is 2.33. The molecule has 0 fully saturated rings. The Hall–Kier alpha value is -3.22.